The van der Waals surface area contributed by atoms with Crippen LogP contribution in [0.15, 0.2) is 23.1 Å². The quantitative estimate of drug-likeness (QED) is 0.542. The molecule has 0 aliphatic carbocycles. The van der Waals surface area contributed by atoms with Crippen LogP contribution in [0.25, 0.3) is 0 Å². The lowest BCUT2D eigenvalue weighted by molar-refractivity contribution is -0.385. The fourth-order valence-electron chi connectivity index (χ4n) is 1.06. The molecule has 0 bridgehead atoms. The van der Waals surface area contributed by atoms with E-state index in [0.29, 0.717) is 4.90 Å². The average Bonchev–Trinajstić information content (AvgIpc) is 2.36. The molecule has 2 N–H and O–H groups in total. The first-order valence-corrected chi connectivity index (χ1v) is 5.50. The molecule has 1 aromatic rings. The number of benzene rings is 1. The summed E-state index contributed by atoms with van der Waals surface area (Å²) in [5.74, 6) is 0.238. The zero-order valence-corrected chi connectivity index (χ0v) is 8.21. The highest BCUT2D eigenvalue weighted by molar-refractivity contribution is 8.08. The number of hydrogen-bond donors (Lipinski definition) is 2. The highest BCUT2D eigenvalue weighted by Gasteiger charge is 2.38. The van der Waals surface area contributed by atoms with Crippen molar-refractivity contribution in [1.82, 2.24) is 0 Å². The second-order valence-corrected chi connectivity index (χ2v) is 4.34. The molecular formula is C7H5ClO5S. The topological polar surface area (TPSA) is 76.0 Å². The third-order valence-electron chi connectivity index (χ3n) is 1.59. The molecule has 76 valence electrons. The Balaban J connectivity index is 2.40. The van der Waals surface area contributed by atoms with Crippen LogP contribution in [0.3, 0.4) is 0 Å². The van der Waals surface area contributed by atoms with Crippen LogP contribution in [0, 0.1) is 0 Å². The van der Waals surface area contributed by atoms with Gasteiger partial charge in [-0.3, -0.25) is 10.2 Å². The van der Waals surface area contributed by atoms with E-state index in [2.05, 4.69) is 9.47 Å². The molecule has 1 aliphatic heterocycles. The number of ether oxygens (including phenoxy) is 2. The summed E-state index contributed by atoms with van der Waals surface area (Å²) >= 11 is 0. The second-order valence-electron chi connectivity index (χ2n) is 2.58. The highest BCUT2D eigenvalue weighted by atomic mass is 35.7. The highest BCUT2D eigenvalue weighted by Crippen LogP contribution is 2.38. The first-order valence-electron chi connectivity index (χ1n) is 3.53. The lowest BCUT2D eigenvalue weighted by Crippen LogP contribution is -2.37. The minimum absolute atomic E-state index is 0.0847. The molecule has 14 heavy (non-hydrogen) atoms. The molecule has 1 atom stereocenters. The molecule has 0 saturated heterocycles. The van der Waals surface area contributed by atoms with E-state index in [1.807, 2.05) is 0 Å². The number of aliphatic hydroxyl groups is 2. The summed E-state index contributed by atoms with van der Waals surface area (Å²) in [5, 5.41) is 17.9. The number of halogens is 1. The van der Waals surface area contributed by atoms with Crippen molar-refractivity contribution in [2.24, 2.45) is 0 Å². The van der Waals surface area contributed by atoms with Crippen molar-refractivity contribution in [2.45, 2.75) is 11.1 Å². The maximum Gasteiger partial charge on any atom is 0.505 e. The Hall–Kier alpha value is -0.820. The van der Waals surface area contributed by atoms with Crippen LogP contribution in [-0.2, 0) is 10.0 Å². The molecule has 1 aliphatic rings. The fraction of sp³-hybridized carbons (Fsp3) is 0.143. The normalized spacial score (nSPS) is 19.4. The van der Waals surface area contributed by atoms with E-state index in [-0.39, 0.29) is 11.5 Å². The van der Waals surface area contributed by atoms with Crippen LogP contribution < -0.4 is 9.47 Å². The molecule has 7 heteroatoms. The Bertz CT molecular complexity index is 405. The first kappa shape index (κ1) is 9.72. The van der Waals surface area contributed by atoms with Gasteiger partial charge in [-0.1, -0.05) is 0 Å². The van der Waals surface area contributed by atoms with Gasteiger partial charge in [0, 0.05) is 6.07 Å². The zero-order valence-electron chi connectivity index (χ0n) is 6.64. The molecule has 0 radical (unpaired) electrons. The largest absolute Gasteiger partial charge is 0.505 e. The molecular weight excluding hydrogens is 232 g/mol. The zero-order chi connectivity index (χ0) is 10.3. The van der Waals surface area contributed by atoms with Gasteiger partial charge in [0.05, 0.1) is 4.90 Å². The molecule has 0 aromatic heterocycles. The van der Waals surface area contributed by atoms with Crippen LogP contribution >= 0.6 is 10.7 Å². The van der Waals surface area contributed by atoms with Gasteiger partial charge in [-0.05, 0) is 22.8 Å². The maximum absolute atomic E-state index is 10.9. The number of rotatable bonds is 1. The number of fused-ring (bicyclic) bond motifs is 1. The Kier molecular flexibility index (Phi) is 2.15. The lowest BCUT2D eigenvalue weighted by atomic mass is 10.3. The monoisotopic (exact) mass is 236 g/mol. The summed E-state index contributed by atoms with van der Waals surface area (Å²) in [4.78, 5) is 0.298. The molecule has 0 amide bonds. The average molecular weight is 237 g/mol. The van der Waals surface area contributed by atoms with Crippen LogP contribution in [-0.4, -0.2) is 20.6 Å². The molecule has 2 rings (SSSR count). The van der Waals surface area contributed by atoms with Crippen molar-refractivity contribution < 1.29 is 23.9 Å². The van der Waals surface area contributed by atoms with Gasteiger partial charge < -0.3 is 9.47 Å². The van der Waals surface area contributed by atoms with Gasteiger partial charge in [0.1, 0.15) is 10.0 Å². The standard InChI is InChI=1S/C7H5ClO5S/c8-14(11)4-1-2-5-6(3-4)13-7(9,10)12-5/h1-3,9-10H. The first-order chi connectivity index (χ1) is 6.48. The van der Waals surface area contributed by atoms with Crippen LogP contribution in [0.1, 0.15) is 0 Å². The minimum atomic E-state index is -2.66. The Labute approximate surface area is 85.8 Å². The SMILES string of the molecule is O=S(Cl)c1ccc2c(c1)OC(O)(O)O2. The Morgan fingerprint density at radius 1 is 1.29 bits per heavy atom. The van der Waals surface area contributed by atoms with E-state index >= 15 is 0 Å². The number of hydrogen-bond acceptors (Lipinski definition) is 5. The van der Waals surface area contributed by atoms with E-state index in [1.165, 1.54) is 18.2 Å². The third kappa shape index (κ3) is 1.69. The smallest absolute Gasteiger partial charge is 0.403 e. The summed E-state index contributed by atoms with van der Waals surface area (Å²) in [6, 6.07) is 4.14. The van der Waals surface area contributed by atoms with Crippen molar-refractivity contribution in [2.75, 3.05) is 0 Å². The van der Waals surface area contributed by atoms with Crippen molar-refractivity contribution in [3.8, 4) is 11.5 Å². The van der Waals surface area contributed by atoms with Gasteiger partial charge >= 0.3 is 6.16 Å². The van der Waals surface area contributed by atoms with E-state index in [1.54, 1.807) is 0 Å². The molecule has 1 aromatic carbocycles. The summed E-state index contributed by atoms with van der Waals surface area (Å²) in [6.07, 6.45) is -2.66. The van der Waals surface area contributed by atoms with Gasteiger partial charge in [0.2, 0.25) is 0 Å². The second kappa shape index (κ2) is 3.09. The van der Waals surface area contributed by atoms with Crippen molar-refractivity contribution >= 4 is 20.7 Å². The lowest BCUT2D eigenvalue weighted by Gasteiger charge is -2.10. The molecule has 0 saturated carbocycles. The Morgan fingerprint density at radius 2 is 1.93 bits per heavy atom. The van der Waals surface area contributed by atoms with Crippen LogP contribution in [0.4, 0.5) is 0 Å². The molecule has 5 nitrogen and oxygen atoms in total. The molecule has 1 heterocycles. The Morgan fingerprint density at radius 3 is 2.57 bits per heavy atom. The van der Waals surface area contributed by atoms with Crippen molar-refractivity contribution in [3.05, 3.63) is 18.2 Å². The minimum Gasteiger partial charge on any atom is -0.403 e. The van der Waals surface area contributed by atoms with Gasteiger partial charge in [-0.25, -0.2) is 4.21 Å². The fourth-order valence-corrected chi connectivity index (χ4v) is 1.72. The van der Waals surface area contributed by atoms with E-state index < -0.39 is 16.2 Å². The molecule has 1 unspecified atom stereocenters. The van der Waals surface area contributed by atoms with Gasteiger partial charge in [-0.2, -0.15) is 0 Å². The predicted molar refractivity (Wildman–Crippen MR) is 47.1 cm³/mol. The molecule has 0 spiro atoms. The van der Waals surface area contributed by atoms with E-state index in [9.17, 15) is 4.21 Å². The summed E-state index contributed by atoms with van der Waals surface area (Å²) in [7, 11) is 3.65. The van der Waals surface area contributed by atoms with Gasteiger partial charge in [0.15, 0.2) is 11.5 Å². The van der Waals surface area contributed by atoms with Crippen LogP contribution in [0.2, 0.25) is 0 Å². The third-order valence-corrected chi connectivity index (χ3v) is 2.75. The maximum atomic E-state index is 10.9. The van der Waals surface area contributed by atoms with Gasteiger partial charge in [-0.15, -0.1) is 0 Å². The summed E-state index contributed by atoms with van der Waals surface area (Å²) < 4.78 is 20.0. The molecule has 0 fully saturated rings. The summed E-state index contributed by atoms with van der Waals surface area (Å²) in [6.45, 7) is 0. The van der Waals surface area contributed by atoms with E-state index in [0.717, 1.165) is 0 Å². The van der Waals surface area contributed by atoms with Crippen molar-refractivity contribution in [3.63, 3.8) is 0 Å². The predicted octanol–water partition coefficient (Wildman–Crippen LogP) is 0.315. The van der Waals surface area contributed by atoms with E-state index in [4.69, 9.17) is 20.9 Å². The van der Waals surface area contributed by atoms with Crippen LogP contribution in [0.5, 0.6) is 11.5 Å². The summed E-state index contributed by atoms with van der Waals surface area (Å²) in [5.41, 5.74) is 0. The van der Waals surface area contributed by atoms with Gasteiger partial charge in [0.25, 0.3) is 0 Å². The van der Waals surface area contributed by atoms with Crippen molar-refractivity contribution in [1.29, 1.82) is 0 Å².